The van der Waals surface area contributed by atoms with Crippen molar-refractivity contribution in [1.29, 1.82) is 0 Å². The van der Waals surface area contributed by atoms with E-state index in [-0.39, 0.29) is 25.2 Å². The van der Waals surface area contributed by atoms with Crippen LogP contribution in [0.1, 0.15) is 24.8 Å². The summed E-state index contributed by atoms with van der Waals surface area (Å²) >= 11 is 5.99. The van der Waals surface area contributed by atoms with E-state index in [0.29, 0.717) is 17.1 Å². The van der Waals surface area contributed by atoms with Gasteiger partial charge in [-0.2, -0.15) is 0 Å². The van der Waals surface area contributed by atoms with Gasteiger partial charge in [0.1, 0.15) is 12.4 Å². The van der Waals surface area contributed by atoms with E-state index >= 15 is 0 Å². The molecule has 1 fully saturated rings. The van der Waals surface area contributed by atoms with Crippen molar-refractivity contribution in [3.63, 3.8) is 0 Å². The quantitative estimate of drug-likeness (QED) is 0.930. The summed E-state index contributed by atoms with van der Waals surface area (Å²) in [7, 11) is 0. The van der Waals surface area contributed by atoms with Crippen LogP contribution in [0.25, 0.3) is 6.08 Å². The highest BCUT2D eigenvalue weighted by Gasteiger charge is 2.31. The lowest BCUT2D eigenvalue weighted by Gasteiger charge is -2.38. The molecule has 112 valence electrons. The van der Waals surface area contributed by atoms with Gasteiger partial charge in [-0.15, -0.1) is 0 Å². The first kappa shape index (κ1) is 14.4. The van der Waals surface area contributed by atoms with Crippen molar-refractivity contribution in [2.45, 2.75) is 25.3 Å². The third-order valence-corrected chi connectivity index (χ3v) is 4.31. The minimum atomic E-state index is -0.0422. The van der Waals surface area contributed by atoms with Crippen molar-refractivity contribution in [3.8, 4) is 5.75 Å². The average molecular weight is 308 g/mol. The Labute approximate surface area is 129 Å². The maximum atomic E-state index is 12.7. The van der Waals surface area contributed by atoms with Crippen LogP contribution in [-0.4, -0.2) is 41.7 Å². The number of benzene rings is 1. The van der Waals surface area contributed by atoms with Gasteiger partial charge in [-0.3, -0.25) is 4.79 Å². The van der Waals surface area contributed by atoms with Gasteiger partial charge >= 0.3 is 0 Å². The molecule has 2 aliphatic rings. The van der Waals surface area contributed by atoms with E-state index in [1.165, 1.54) is 0 Å². The number of aliphatic hydroxyl groups excluding tert-OH is 1. The number of halogens is 1. The molecule has 0 aromatic heterocycles. The van der Waals surface area contributed by atoms with Gasteiger partial charge in [0.2, 0.25) is 0 Å². The first-order valence-electron chi connectivity index (χ1n) is 7.24. The monoisotopic (exact) mass is 307 g/mol. The number of hydrogen-bond acceptors (Lipinski definition) is 3. The van der Waals surface area contributed by atoms with Gasteiger partial charge in [0, 0.05) is 23.2 Å². The lowest BCUT2D eigenvalue weighted by atomic mass is 9.90. The molecule has 1 aliphatic heterocycles. The van der Waals surface area contributed by atoms with Crippen LogP contribution in [0.3, 0.4) is 0 Å². The zero-order valence-electron chi connectivity index (χ0n) is 11.7. The molecule has 3 rings (SSSR count). The number of fused-ring (bicyclic) bond motifs is 1. The highest BCUT2D eigenvalue weighted by atomic mass is 35.5. The number of amides is 1. The molecule has 1 aliphatic carbocycles. The zero-order valence-corrected chi connectivity index (χ0v) is 12.5. The van der Waals surface area contributed by atoms with Gasteiger partial charge in [0.15, 0.2) is 0 Å². The van der Waals surface area contributed by atoms with Crippen LogP contribution in [0.4, 0.5) is 0 Å². The van der Waals surface area contributed by atoms with Crippen LogP contribution >= 0.6 is 11.6 Å². The van der Waals surface area contributed by atoms with Crippen molar-refractivity contribution in [1.82, 2.24) is 4.90 Å². The Morgan fingerprint density at radius 2 is 2.24 bits per heavy atom. The Morgan fingerprint density at radius 1 is 1.43 bits per heavy atom. The van der Waals surface area contributed by atoms with Gasteiger partial charge in [-0.25, -0.2) is 0 Å². The van der Waals surface area contributed by atoms with E-state index in [4.69, 9.17) is 16.3 Å². The molecule has 0 radical (unpaired) electrons. The fourth-order valence-electron chi connectivity index (χ4n) is 2.71. The molecule has 1 saturated carbocycles. The van der Waals surface area contributed by atoms with Gasteiger partial charge < -0.3 is 14.7 Å². The average Bonchev–Trinajstić information content (AvgIpc) is 2.43. The Bertz CT molecular complexity index is 581. The lowest BCUT2D eigenvalue weighted by molar-refractivity contribution is -0.132. The molecule has 5 heteroatoms. The van der Waals surface area contributed by atoms with Crippen LogP contribution in [0.5, 0.6) is 5.75 Å². The summed E-state index contributed by atoms with van der Waals surface area (Å²) in [6.07, 6.45) is 5.02. The van der Waals surface area contributed by atoms with Crippen molar-refractivity contribution >= 4 is 23.6 Å². The highest BCUT2D eigenvalue weighted by Crippen LogP contribution is 2.31. The summed E-state index contributed by atoms with van der Waals surface area (Å²) < 4.78 is 5.63. The molecule has 1 heterocycles. The second kappa shape index (κ2) is 6.08. The predicted octanol–water partition coefficient (Wildman–Crippen LogP) is 2.49. The number of hydrogen-bond donors (Lipinski definition) is 1. The summed E-state index contributed by atoms with van der Waals surface area (Å²) in [5.74, 6) is 0.702. The summed E-state index contributed by atoms with van der Waals surface area (Å²) in [5.41, 5.74) is 1.44. The zero-order chi connectivity index (χ0) is 14.8. The number of ether oxygens (including phenoxy) is 1. The van der Waals surface area contributed by atoms with Crippen molar-refractivity contribution < 1.29 is 14.6 Å². The molecule has 0 spiro atoms. The molecular weight excluding hydrogens is 290 g/mol. The SMILES string of the molecule is O=C(C1=Cc2cc(Cl)ccc2OC1)N(CCO)C1CCC1. The third kappa shape index (κ3) is 2.92. The van der Waals surface area contributed by atoms with Crippen molar-refractivity contribution in [3.05, 3.63) is 34.4 Å². The first-order chi connectivity index (χ1) is 10.2. The molecule has 1 N–H and O–H groups in total. The molecule has 4 nitrogen and oxygen atoms in total. The molecule has 1 aromatic rings. The van der Waals surface area contributed by atoms with E-state index in [1.54, 1.807) is 17.0 Å². The number of aliphatic hydroxyl groups is 1. The van der Waals surface area contributed by atoms with Gasteiger partial charge in [0.25, 0.3) is 5.91 Å². The van der Waals surface area contributed by atoms with Gasteiger partial charge in [-0.05, 0) is 43.5 Å². The normalized spacial score (nSPS) is 17.3. The number of carbonyl (C=O) groups excluding carboxylic acids is 1. The molecule has 1 amide bonds. The Kier molecular flexibility index (Phi) is 4.17. The molecule has 1 aromatic carbocycles. The Morgan fingerprint density at radius 3 is 2.90 bits per heavy atom. The van der Waals surface area contributed by atoms with E-state index in [9.17, 15) is 9.90 Å². The molecule has 0 atom stereocenters. The first-order valence-corrected chi connectivity index (χ1v) is 7.61. The standard InChI is InChI=1S/C16H18ClNO3/c17-13-4-5-15-11(9-13)8-12(10-21-15)16(20)18(6-7-19)14-2-1-3-14/h4-5,8-9,14,19H,1-3,6-7,10H2. The fraction of sp³-hybridized carbons (Fsp3) is 0.438. The van der Waals surface area contributed by atoms with Crippen LogP contribution in [0.2, 0.25) is 5.02 Å². The molecule has 0 unspecified atom stereocenters. The summed E-state index contributed by atoms with van der Waals surface area (Å²) in [4.78, 5) is 14.4. The second-order valence-corrected chi connectivity index (χ2v) is 5.88. The van der Waals surface area contributed by atoms with Crippen LogP contribution in [-0.2, 0) is 4.79 Å². The number of carbonyl (C=O) groups is 1. The largest absolute Gasteiger partial charge is 0.488 e. The van der Waals surface area contributed by atoms with Gasteiger partial charge in [0.05, 0.1) is 12.2 Å². The van der Waals surface area contributed by atoms with E-state index in [2.05, 4.69) is 0 Å². The summed E-state index contributed by atoms with van der Waals surface area (Å²) in [5, 5.41) is 9.80. The van der Waals surface area contributed by atoms with E-state index < -0.39 is 0 Å². The third-order valence-electron chi connectivity index (χ3n) is 4.08. The Hall–Kier alpha value is -1.52. The lowest BCUT2D eigenvalue weighted by Crippen LogP contribution is -2.47. The minimum Gasteiger partial charge on any atom is -0.488 e. The minimum absolute atomic E-state index is 0.0151. The topological polar surface area (TPSA) is 49.8 Å². The Balaban J connectivity index is 1.83. The maximum Gasteiger partial charge on any atom is 0.253 e. The van der Waals surface area contributed by atoms with Crippen LogP contribution in [0.15, 0.2) is 23.8 Å². The number of nitrogens with zero attached hydrogens (tertiary/aromatic N) is 1. The molecule has 0 saturated heterocycles. The number of rotatable bonds is 4. The predicted molar refractivity (Wildman–Crippen MR) is 81.4 cm³/mol. The molecule has 21 heavy (non-hydrogen) atoms. The molecule has 0 bridgehead atoms. The van der Waals surface area contributed by atoms with Crippen LogP contribution in [0, 0.1) is 0 Å². The summed E-state index contributed by atoms with van der Waals surface area (Å²) in [6.45, 7) is 0.629. The smallest absolute Gasteiger partial charge is 0.253 e. The van der Waals surface area contributed by atoms with Gasteiger partial charge in [-0.1, -0.05) is 11.6 Å². The van der Waals surface area contributed by atoms with Crippen molar-refractivity contribution in [2.24, 2.45) is 0 Å². The highest BCUT2D eigenvalue weighted by molar-refractivity contribution is 6.30. The summed E-state index contributed by atoms with van der Waals surface area (Å²) in [6, 6.07) is 5.63. The van der Waals surface area contributed by atoms with E-state index in [1.807, 2.05) is 12.1 Å². The van der Waals surface area contributed by atoms with Crippen LogP contribution < -0.4 is 4.74 Å². The van der Waals surface area contributed by atoms with E-state index in [0.717, 1.165) is 30.6 Å². The maximum absolute atomic E-state index is 12.7. The van der Waals surface area contributed by atoms with Crippen molar-refractivity contribution in [2.75, 3.05) is 19.8 Å². The molecular formula is C16H18ClNO3. The second-order valence-electron chi connectivity index (χ2n) is 5.45. The fourth-order valence-corrected chi connectivity index (χ4v) is 2.89.